The van der Waals surface area contributed by atoms with Crippen molar-refractivity contribution in [2.45, 2.75) is 0 Å². The molecule has 0 bridgehead atoms. The van der Waals surface area contributed by atoms with Crippen LogP contribution < -0.4 is 5.73 Å². The summed E-state index contributed by atoms with van der Waals surface area (Å²) in [5.74, 6) is -0.150. The minimum atomic E-state index is -0.374. The number of nitrogen functional groups attached to an aromatic ring is 1. The highest BCUT2D eigenvalue weighted by molar-refractivity contribution is 5.78. The zero-order valence-corrected chi connectivity index (χ0v) is 10.9. The van der Waals surface area contributed by atoms with E-state index in [0.29, 0.717) is 17.1 Å². The molecule has 0 spiro atoms. The van der Waals surface area contributed by atoms with Gasteiger partial charge in [0.15, 0.2) is 11.5 Å². The predicted molar refractivity (Wildman–Crippen MR) is 76.8 cm³/mol. The first-order valence-electron chi connectivity index (χ1n) is 6.15. The van der Waals surface area contributed by atoms with Crippen LogP contribution in [0.1, 0.15) is 0 Å². The summed E-state index contributed by atoms with van der Waals surface area (Å²) in [6, 6.07) is 9.43. The number of H-pyrrole nitrogens is 1. The van der Waals surface area contributed by atoms with Gasteiger partial charge >= 0.3 is 0 Å². The van der Waals surface area contributed by atoms with Crippen molar-refractivity contribution in [2.75, 3.05) is 5.73 Å². The minimum absolute atomic E-state index is 0.224. The number of hydrogen-bond donors (Lipinski definition) is 2. The number of nitrogens with one attached hydrogen (secondary N) is 1. The first-order valence-corrected chi connectivity index (χ1v) is 6.15. The van der Waals surface area contributed by atoms with Crippen LogP contribution in [0, 0.1) is 5.82 Å². The topological polar surface area (TPSA) is 92.3 Å². The molecule has 2 heterocycles. The van der Waals surface area contributed by atoms with Gasteiger partial charge in [-0.2, -0.15) is 10.2 Å². The van der Waals surface area contributed by atoms with E-state index in [2.05, 4.69) is 25.4 Å². The summed E-state index contributed by atoms with van der Waals surface area (Å²) >= 11 is 0. The highest BCUT2D eigenvalue weighted by Gasteiger charge is 2.12. The first-order chi connectivity index (χ1) is 10.2. The Morgan fingerprint density at radius 3 is 2.67 bits per heavy atom. The van der Waals surface area contributed by atoms with E-state index in [1.54, 1.807) is 36.7 Å². The third-order valence-corrected chi connectivity index (χ3v) is 2.81. The van der Waals surface area contributed by atoms with E-state index < -0.39 is 0 Å². The number of nitrogens with zero attached hydrogens (tertiary/aromatic N) is 4. The van der Waals surface area contributed by atoms with Gasteiger partial charge in [0, 0.05) is 24.0 Å². The Hall–Kier alpha value is -3.09. The number of nitrogens with two attached hydrogens (primary N) is 1. The zero-order valence-electron chi connectivity index (χ0n) is 10.9. The molecule has 0 radical (unpaired) electrons. The van der Waals surface area contributed by atoms with Crippen molar-refractivity contribution >= 4 is 17.2 Å². The Morgan fingerprint density at radius 1 is 1.10 bits per heavy atom. The number of benzene rings is 1. The van der Waals surface area contributed by atoms with E-state index >= 15 is 0 Å². The van der Waals surface area contributed by atoms with Crippen LogP contribution in [0.4, 0.5) is 21.6 Å². The molecule has 0 fully saturated rings. The number of anilines is 1. The lowest BCUT2D eigenvalue weighted by Gasteiger charge is -1.98. The van der Waals surface area contributed by atoms with Crippen molar-refractivity contribution in [3.05, 3.63) is 54.6 Å². The second kappa shape index (κ2) is 5.49. The van der Waals surface area contributed by atoms with Crippen molar-refractivity contribution in [1.29, 1.82) is 0 Å². The number of aromatic amines is 1. The lowest BCUT2D eigenvalue weighted by Crippen LogP contribution is -1.83. The molecule has 1 aromatic carbocycles. The van der Waals surface area contributed by atoms with Crippen molar-refractivity contribution in [1.82, 2.24) is 15.2 Å². The average Bonchev–Trinajstić information content (AvgIpc) is 2.87. The highest BCUT2D eigenvalue weighted by Crippen LogP contribution is 2.33. The molecule has 3 N–H and O–H groups in total. The molecule has 0 amide bonds. The molecule has 0 aliphatic heterocycles. The Labute approximate surface area is 119 Å². The van der Waals surface area contributed by atoms with Gasteiger partial charge in [-0.25, -0.2) is 4.39 Å². The van der Waals surface area contributed by atoms with E-state index in [0.717, 1.165) is 5.56 Å². The van der Waals surface area contributed by atoms with Gasteiger partial charge in [0.25, 0.3) is 0 Å². The van der Waals surface area contributed by atoms with Crippen LogP contribution in [0.15, 0.2) is 59.0 Å². The summed E-state index contributed by atoms with van der Waals surface area (Å²) in [4.78, 5) is 3.95. The average molecular weight is 282 g/mol. The molecule has 3 aromatic rings. The summed E-state index contributed by atoms with van der Waals surface area (Å²) in [6.07, 6.45) is 3.31. The predicted octanol–water partition coefficient (Wildman–Crippen LogP) is 3.61. The Balaban J connectivity index is 1.98. The molecule has 0 saturated heterocycles. The fourth-order valence-electron chi connectivity index (χ4n) is 1.82. The molecule has 0 aliphatic rings. The van der Waals surface area contributed by atoms with Gasteiger partial charge in [0.05, 0.1) is 11.4 Å². The van der Waals surface area contributed by atoms with Crippen LogP contribution >= 0.6 is 0 Å². The summed E-state index contributed by atoms with van der Waals surface area (Å²) in [7, 11) is 0. The van der Waals surface area contributed by atoms with Crippen molar-refractivity contribution in [2.24, 2.45) is 10.2 Å². The van der Waals surface area contributed by atoms with Gasteiger partial charge in [-0.15, -0.1) is 5.11 Å². The Morgan fingerprint density at radius 2 is 1.90 bits per heavy atom. The van der Waals surface area contributed by atoms with Crippen LogP contribution in [0.3, 0.4) is 0 Å². The number of hydrogen-bond acceptors (Lipinski definition) is 5. The molecule has 0 aliphatic carbocycles. The summed E-state index contributed by atoms with van der Waals surface area (Å²) in [6.45, 7) is 0. The second-order valence-corrected chi connectivity index (χ2v) is 4.25. The molecule has 0 saturated carbocycles. The van der Waals surface area contributed by atoms with Crippen molar-refractivity contribution in [3.63, 3.8) is 0 Å². The lowest BCUT2D eigenvalue weighted by atomic mass is 10.2. The standard InChI is InChI=1S/C14H11FN6/c15-10-2-1-3-11(8-10)18-20-13-12(19-21-14(13)16)9-4-6-17-7-5-9/h1-8H,(H3,16,19,21). The fourth-order valence-corrected chi connectivity index (χ4v) is 1.82. The summed E-state index contributed by atoms with van der Waals surface area (Å²) in [5, 5.41) is 14.8. The van der Waals surface area contributed by atoms with E-state index in [1.165, 1.54) is 12.1 Å². The molecule has 0 atom stereocenters. The van der Waals surface area contributed by atoms with Crippen LogP contribution in [0.5, 0.6) is 0 Å². The molecule has 21 heavy (non-hydrogen) atoms. The van der Waals surface area contributed by atoms with Gasteiger partial charge in [0.1, 0.15) is 5.82 Å². The maximum atomic E-state index is 13.1. The fraction of sp³-hybridized carbons (Fsp3) is 0. The number of aromatic nitrogens is 3. The van der Waals surface area contributed by atoms with Gasteiger partial charge in [0.2, 0.25) is 0 Å². The quantitative estimate of drug-likeness (QED) is 0.719. The zero-order chi connectivity index (χ0) is 14.7. The van der Waals surface area contributed by atoms with Crippen LogP contribution in [0.2, 0.25) is 0 Å². The number of halogens is 1. The number of azo groups is 1. The van der Waals surface area contributed by atoms with E-state index in [4.69, 9.17) is 5.73 Å². The number of pyridine rings is 1. The molecular formula is C14H11FN6. The molecular weight excluding hydrogens is 271 g/mol. The maximum Gasteiger partial charge on any atom is 0.173 e. The first kappa shape index (κ1) is 12.9. The van der Waals surface area contributed by atoms with Gasteiger partial charge in [-0.3, -0.25) is 10.1 Å². The smallest absolute Gasteiger partial charge is 0.173 e. The normalized spacial score (nSPS) is 11.1. The van der Waals surface area contributed by atoms with E-state index in [-0.39, 0.29) is 11.6 Å². The van der Waals surface area contributed by atoms with E-state index in [1.807, 2.05) is 0 Å². The highest BCUT2D eigenvalue weighted by atomic mass is 19.1. The number of rotatable bonds is 3. The summed E-state index contributed by atoms with van der Waals surface area (Å²) < 4.78 is 13.1. The largest absolute Gasteiger partial charge is 0.380 e. The molecule has 6 nitrogen and oxygen atoms in total. The molecule has 0 unspecified atom stereocenters. The molecule has 7 heteroatoms. The summed E-state index contributed by atoms with van der Waals surface area (Å²) in [5.41, 5.74) is 8.06. The third-order valence-electron chi connectivity index (χ3n) is 2.81. The van der Waals surface area contributed by atoms with E-state index in [9.17, 15) is 4.39 Å². The van der Waals surface area contributed by atoms with Gasteiger partial charge in [-0.05, 0) is 24.3 Å². The van der Waals surface area contributed by atoms with Crippen LogP contribution in [0.25, 0.3) is 11.3 Å². The SMILES string of the molecule is Nc1n[nH]c(-c2ccncc2)c1N=Nc1cccc(F)c1. The Bertz CT molecular complexity index is 781. The van der Waals surface area contributed by atoms with Gasteiger partial charge < -0.3 is 5.73 Å². The van der Waals surface area contributed by atoms with Gasteiger partial charge in [-0.1, -0.05) is 6.07 Å². The molecule has 2 aromatic heterocycles. The van der Waals surface area contributed by atoms with Crippen molar-refractivity contribution < 1.29 is 4.39 Å². The van der Waals surface area contributed by atoms with Crippen LogP contribution in [-0.2, 0) is 0 Å². The van der Waals surface area contributed by atoms with Crippen LogP contribution in [-0.4, -0.2) is 15.2 Å². The second-order valence-electron chi connectivity index (χ2n) is 4.25. The molecule has 104 valence electrons. The monoisotopic (exact) mass is 282 g/mol. The van der Waals surface area contributed by atoms with Crippen molar-refractivity contribution in [3.8, 4) is 11.3 Å². The third kappa shape index (κ3) is 2.76. The minimum Gasteiger partial charge on any atom is -0.380 e. The lowest BCUT2D eigenvalue weighted by molar-refractivity contribution is 0.628. The maximum absolute atomic E-state index is 13.1. The molecule has 3 rings (SSSR count). The Kier molecular flexibility index (Phi) is 3.38.